The monoisotopic (exact) mass is 474 g/mol. The van der Waals surface area contributed by atoms with Gasteiger partial charge in [0.15, 0.2) is 5.16 Å². The summed E-state index contributed by atoms with van der Waals surface area (Å²) >= 11 is 1.21. The molecule has 0 bridgehead atoms. The summed E-state index contributed by atoms with van der Waals surface area (Å²) < 4.78 is 3.40. The molecule has 0 spiro atoms. The predicted molar refractivity (Wildman–Crippen MR) is 133 cm³/mol. The van der Waals surface area contributed by atoms with E-state index < -0.39 is 5.54 Å². The number of aryl methyl sites for hydroxylation is 2. The molecular weight excluding hydrogens is 448 g/mol. The summed E-state index contributed by atoms with van der Waals surface area (Å²) in [4.78, 5) is 26.2. The van der Waals surface area contributed by atoms with Gasteiger partial charge in [0, 0.05) is 0 Å². The highest BCUT2D eigenvalue weighted by atomic mass is 32.2. The third-order valence-electron chi connectivity index (χ3n) is 6.18. The summed E-state index contributed by atoms with van der Waals surface area (Å²) in [6.07, 6.45) is 0. The second-order valence-corrected chi connectivity index (χ2v) is 9.76. The van der Waals surface area contributed by atoms with Gasteiger partial charge in [0.05, 0.1) is 28.4 Å². The highest BCUT2D eigenvalue weighted by Gasteiger charge is 2.30. The number of nitrogens with one attached hydrogen (secondary N) is 1. The quantitative estimate of drug-likeness (QED) is 0.426. The lowest BCUT2D eigenvalue weighted by atomic mass is 9.90. The maximum atomic E-state index is 13.6. The van der Waals surface area contributed by atoms with Gasteiger partial charge in [0.1, 0.15) is 5.54 Å². The number of carbonyl (C=O) groups is 1. The Morgan fingerprint density at radius 1 is 1.15 bits per heavy atom. The van der Waals surface area contributed by atoms with Crippen molar-refractivity contribution in [1.29, 1.82) is 5.26 Å². The number of nitriles is 1. The van der Waals surface area contributed by atoms with E-state index in [9.17, 15) is 14.9 Å². The van der Waals surface area contributed by atoms with Gasteiger partial charge in [-0.05, 0) is 49.9 Å². The van der Waals surface area contributed by atoms with Crippen molar-refractivity contribution in [1.82, 2.24) is 24.5 Å². The van der Waals surface area contributed by atoms with Crippen molar-refractivity contribution in [2.75, 3.05) is 5.75 Å². The van der Waals surface area contributed by atoms with Crippen molar-refractivity contribution in [2.24, 2.45) is 5.92 Å². The normalized spacial score (nSPS) is 13.2. The van der Waals surface area contributed by atoms with Gasteiger partial charge in [-0.2, -0.15) is 5.26 Å². The maximum Gasteiger partial charge on any atom is 0.267 e. The minimum atomic E-state index is -0.958. The van der Waals surface area contributed by atoms with E-state index in [0.717, 1.165) is 16.8 Å². The Balaban J connectivity index is 1.83. The summed E-state index contributed by atoms with van der Waals surface area (Å²) in [6.45, 7) is 9.40. The van der Waals surface area contributed by atoms with Gasteiger partial charge in [-0.25, -0.2) is 4.57 Å². The SMILES string of the molecule is Cc1cccc(C)c1-n1c(=O)c2ccccc2n2c(SCC(=O)NC(C)(C#N)C(C)C)nnc12. The second kappa shape index (κ2) is 8.95. The zero-order valence-corrected chi connectivity index (χ0v) is 20.6. The van der Waals surface area contributed by atoms with E-state index in [2.05, 4.69) is 21.6 Å². The first-order valence-corrected chi connectivity index (χ1v) is 12.0. The highest BCUT2D eigenvalue weighted by Crippen LogP contribution is 2.26. The van der Waals surface area contributed by atoms with Crippen LogP contribution in [0, 0.1) is 31.1 Å². The van der Waals surface area contributed by atoms with E-state index >= 15 is 0 Å². The average Bonchev–Trinajstić information content (AvgIpc) is 3.23. The van der Waals surface area contributed by atoms with E-state index in [1.165, 1.54) is 11.8 Å². The fourth-order valence-corrected chi connectivity index (χ4v) is 4.63. The number of amides is 1. The molecule has 0 aliphatic rings. The van der Waals surface area contributed by atoms with Crippen LogP contribution in [0.15, 0.2) is 52.4 Å². The van der Waals surface area contributed by atoms with E-state index in [1.807, 2.05) is 68.5 Å². The molecule has 174 valence electrons. The molecule has 0 saturated heterocycles. The number of benzene rings is 2. The molecule has 34 heavy (non-hydrogen) atoms. The lowest BCUT2D eigenvalue weighted by Gasteiger charge is -2.27. The van der Waals surface area contributed by atoms with Gasteiger partial charge >= 0.3 is 0 Å². The molecule has 2 heterocycles. The first-order valence-electron chi connectivity index (χ1n) is 11.0. The number of thioether (sulfide) groups is 1. The van der Waals surface area contributed by atoms with Crippen molar-refractivity contribution in [3.05, 3.63) is 63.9 Å². The zero-order chi connectivity index (χ0) is 24.6. The minimum Gasteiger partial charge on any atom is -0.337 e. The van der Waals surface area contributed by atoms with E-state index in [0.29, 0.717) is 21.8 Å². The Hall–Kier alpha value is -3.64. The van der Waals surface area contributed by atoms with Crippen LogP contribution in [0.5, 0.6) is 0 Å². The number of carbonyl (C=O) groups excluding carboxylic acids is 1. The summed E-state index contributed by atoms with van der Waals surface area (Å²) in [5, 5.41) is 22.0. The third-order valence-corrected chi connectivity index (χ3v) is 7.11. The molecule has 0 aliphatic heterocycles. The van der Waals surface area contributed by atoms with Crippen LogP contribution < -0.4 is 10.9 Å². The molecule has 2 aromatic heterocycles. The molecule has 9 heteroatoms. The Labute approximate surface area is 201 Å². The largest absolute Gasteiger partial charge is 0.337 e. The Morgan fingerprint density at radius 2 is 1.82 bits per heavy atom. The summed E-state index contributed by atoms with van der Waals surface area (Å²) in [5.41, 5.74) is 2.19. The number of rotatable bonds is 6. The van der Waals surface area contributed by atoms with Crippen molar-refractivity contribution in [2.45, 2.75) is 45.3 Å². The van der Waals surface area contributed by atoms with Crippen LogP contribution in [0.4, 0.5) is 0 Å². The molecule has 4 aromatic rings. The molecule has 1 N–H and O–H groups in total. The number of nitrogens with zero attached hydrogens (tertiary/aromatic N) is 5. The standard InChI is InChI=1S/C25H26N6O2S/c1-15(2)25(5,14-26)27-20(32)13-34-24-29-28-23-30(24)19-12-7-6-11-18(19)22(33)31(23)21-16(3)9-8-10-17(21)4/h6-12,15H,13H2,1-5H3,(H,27,32). The molecular formula is C25H26N6O2S. The van der Waals surface area contributed by atoms with Crippen LogP contribution in [0.2, 0.25) is 0 Å². The average molecular weight is 475 g/mol. The van der Waals surface area contributed by atoms with Crippen LogP contribution in [0.1, 0.15) is 31.9 Å². The second-order valence-electron chi connectivity index (χ2n) is 8.82. The lowest BCUT2D eigenvalue weighted by Crippen LogP contribution is -2.49. The Bertz CT molecular complexity index is 1490. The van der Waals surface area contributed by atoms with Gasteiger partial charge in [0.25, 0.3) is 5.56 Å². The smallest absolute Gasteiger partial charge is 0.267 e. The van der Waals surface area contributed by atoms with Gasteiger partial charge < -0.3 is 5.32 Å². The maximum absolute atomic E-state index is 13.6. The Kier molecular flexibility index (Phi) is 6.19. The summed E-state index contributed by atoms with van der Waals surface area (Å²) in [6, 6.07) is 15.4. The molecule has 0 saturated carbocycles. The Morgan fingerprint density at radius 3 is 2.47 bits per heavy atom. The molecule has 1 unspecified atom stereocenters. The predicted octanol–water partition coefficient (Wildman–Crippen LogP) is 3.80. The number of hydrogen-bond donors (Lipinski definition) is 1. The van der Waals surface area contributed by atoms with Crippen LogP contribution in [0.25, 0.3) is 22.4 Å². The summed E-state index contributed by atoms with van der Waals surface area (Å²) in [7, 11) is 0. The molecule has 4 rings (SSSR count). The minimum absolute atomic E-state index is 0.0453. The number of fused-ring (bicyclic) bond motifs is 3. The van der Waals surface area contributed by atoms with Crippen LogP contribution in [-0.2, 0) is 4.79 Å². The van der Waals surface area contributed by atoms with Gasteiger partial charge in [-0.1, -0.05) is 55.9 Å². The fourth-order valence-electron chi connectivity index (χ4n) is 3.89. The number of aromatic nitrogens is 4. The molecule has 8 nitrogen and oxygen atoms in total. The first-order chi connectivity index (χ1) is 16.2. The van der Waals surface area contributed by atoms with Crippen LogP contribution in [0.3, 0.4) is 0 Å². The van der Waals surface area contributed by atoms with E-state index in [1.54, 1.807) is 17.6 Å². The molecule has 1 atom stereocenters. The zero-order valence-electron chi connectivity index (χ0n) is 19.8. The van der Waals surface area contributed by atoms with Gasteiger partial charge in [-0.3, -0.25) is 14.0 Å². The van der Waals surface area contributed by atoms with E-state index in [-0.39, 0.29) is 23.1 Å². The lowest BCUT2D eigenvalue weighted by molar-refractivity contribution is -0.120. The van der Waals surface area contributed by atoms with Crippen LogP contribution >= 0.6 is 11.8 Å². The number of para-hydroxylation sites is 2. The van der Waals surface area contributed by atoms with Gasteiger partial charge in [0.2, 0.25) is 11.7 Å². The topological polar surface area (TPSA) is 105 Å². The van der Waals surface area contributed by atoms with Gasteiger partial charge in [-0.15, -0.1) is 10.2 Å². The molecule has 0 fully saturated rings. The van der Waals surface area contributed by atoms with Crippen molar-refractivity contribution in [3.63, 3.8) is 0 Å². The molecule has 2 aromatic carbocycles. The fraction of sp³-hybridized carbons (Fsp3) is 0.320. The molecule has 1 amide bonds. The highest BCUT2D eigenvalue weighted by molar-refractivity contribution is 7.99. The summed E-state index contributed by atoms with van der Waals surface area (Å²) in [5.74, 6) is 0.123. The number of hydrogen-bond acceptors (Lipinski definition) is 6. The van der Waals surface area contributed by atoms with Crippen molar-refractivity contribution in [3.8, 4) is 11.8 Å². The van der Waals surface area contributed by atoms with Crippen molar-refractivity contribution >= 4 is 34.3 Å². The van der Waals surface area contributed by atoms with Crippen LogP contribution in [-0.4, -0.2) is 36.4 Å². The molecule has 0 aliphatic carbocycles. The first kappa shape index (κ1) is 23.5. The molecule has 0 radical (unpaired) electrons. The third kappa shape index (κ3) is 3.94. The van der Waals surface area contributed by atoms with Crippen molar-refractivity contribution < 1.29 is 4.79 Å². The van der Waals surface area contributed by atoms with E-state index in [4.69, 9.17) is 0 Å².